The van der Waals surface area contributed by atoms with Gasteiger partial charge in [0.25, 0.3) is 0 Å². The van der Waals surface area contributed by atoms with E-state index in [4.69, 9.17) is 14.2 Å². The Kier molecular flexibility index (Phi) is 10.3. The maximum Gasteiger partial charge on any atom is 0.218 e. The van der Waals surface area contributed by atoms with Gasteiger partial charge < -0.3 is 54.6 Å². The molecule has 0 radical (unpaired) electrons. The summed E-state index contributed by atoms with van der Waals surface area (Å²) in [7, 11) is -10.5. The number of carboxylic acid groups (broad SMARTS) is 1. The van der Waals surface area contributed by atoms with Crippen molar-refractivity contribution in [3.8, 4) is 0 Å². The van der Waals surface area contributed by atoms with Gasteiger partial charge in [-0.25, -0.2) is 16.8 Å². The molecule has 0 saturated carbocycles. The van der Waals surface area contributed by atoms with Crippen molar-refractivity contribution in [3.63, 3.8) is 0 Å². The standard InChI is InChI=1S/C18H31NO15S2.H2O/c1-16(2)12(19)13(21)17(3,11(33-16)6-31-35(24,25)26)7-30-8-18(4)14(34-36(27,28)29)9(20)5-10(32-18)15(22)23;/h5,9,11-14,20-21H,6-8,19H2,1-4H3,(H,22,23)(H,24,25,26)(H,27,28,29);1H2/p-2/t9-,11?,12?,13+,14?,17-,18-;/m1./s1. The zero-order chi connectivity index (χ0) is 27.9. The lowest BCUT2D eigenvalue weighted by atomic mass is 9.70. The smallest absolute Gasteiger partial charge is 0.218 e. The minimum Gasteiger partial charge on any atom is -0.726 e. The number of quaternary nitrogens is 1. The average molecular weight is 582 g/mol. The average Bonchev–Trinajstić information content (AvgIpc) is 2.70. The number of hydrogen-bond acceptors (Lipinski definition) is 15. The maximum absolute atomic E-state index is 11.3. The van der Waals surface area contributed by atoms with Crippen molar-refractivity contribution in [2.75, 3.05) is 19.8 Å². The van der Waals surface area contributed by atoms with Gasteiger partial charge in [0, 0.05) is 0 Å². The molecule has 1 saturated heterocycles. The van der Waals surface area contributed by atoms with Crippen LogP contribution >= 0.6 is 0 Å². The van der Waals surface area contributed by atoms with E-state index in [1.807, 2.05) is 0 Å². The Bertz CT molecular complexity index is 1080. The fourth-order valence-corrected chi connectivity index (χ4v) is 4.96. The Balaban J connectivity index is 0.00000684. The predicted octanol–water partition coefficient (Wildman–Crippen LogP) is -5.56. The normalized spacial score (nSPS) is 36.1. The van der Waals surface area contributed by atoms with E-state index < -0.39 is 99.4 Å². The van der Waals surface area contributed by atoms with Gasteiger partial charge in [-0.1, -0.05) is 6.92 Å². The summed E-state index contributed by atoms with van der Waals surface area (Å²) in [6, 6.07) is -0.788. The summed E-state index contributed by atoms with van der Waals surface area (Å²) in [5.74, 6) is -2.74. The van der Waals surface area contributed by atoms with Crippen molar-refractivity contribution in [1.82, 2.24) is 0 Å². The van der Waals surface area contributed by atoms with E-state index in [1.54, 1.807) is 13.8 Å². The van der Waals surface area contributed by atoms with Gasteiger partial charge in [0.2, 0.25) is 20.8 Å². The van der Waals surface area contributed by atoms with Crippen LogP contribution in [0.5, 0.6) is 0 Å². The molecule has 0 bridgehead atoms. The van der Waals surface area contributed by atoms with E-state index in [-0.39, 0.29) is 5.48 Å². The van der Waals surface area contributed by atoms with E-state index >= 15 is 0 Å². The Labute approximate surface area is 213 Å². The summed E-state index contributed by atoms with van der Waals surface area (Å²) in [5.41, 5.74) is -0.782. The first kappa shape index (κ1) is 33.5. The number of carbonyl (C=O) groups excluding carboxylic acids is 1. The Morgan fingerprint density at radius 2 is 1.68 bits per heavy atom. The van der Waals surface area contributed by atoms with Crippen LogP contribution in [0, 0.1) is 5.41 Å². The van der Waals surface area contributed by atoms with E-state index in [9.17, 15) is 46.1 Å². The molecule has 0 amide bonds. The Hall–Kier alpha value is -1.49. The highest BCUT2D eigenvalue weighted by Crippen LogP contribution is 2.41. The Morgan fingerprint density at radius 3 is 2.16 bits per heavy atom. The quantitative estimate of drug-likeness (QED) is 0.160. The first-order valence-corrected chi connectivity index (χ1v) is 13.1. The van der Waals surface area contributed by atoms with Crippen molar-refractivity contribution in [2.24, 2.45) is 5.41 Å². The molecule has 0 aromatic rings. The summed E-state index contributed by atoms with van der Waals surface area (Å²) < 4.78 is 91.9. The first-order chi connectivity index (χ1) is 16.1. The minimum atomic E-state index is -5.39. The lowest BCUT2D eigenvalue weighted by molar-refractivity contribution is -0.498. The lowest BCUT2D eigenvalue weighted by Crippen LogP contribution is -2.82. The fraction of sp³-hybridized carbons (Fsp3) is 0.833. The van der Waals surface area contributed by atoms with Crippen molar-refractivity contribution < 1.29 is 79.8 Å². The van der Waals surface area contributed by atoms with Gasteiger partial charge in [-0.05, 0) is 26.8 Å². The van der Waals surface area contributed by atoms with Crippen LogP contribution in [0.4, 0.5) is 0 Å². The van der Waals surface area contributed by atoms with Crippen LogP contribution in [0.15, 0.2) is 11.8 Å². The minimum absolute atomic E-state index is 0. The molecule has 2 rings (SSSR count). The summed E-state index contributed by atoms with van der Waals surface area (Å²) in [5, 5.41) is 32.4. The molecule has 3 unspecified atom stereocenters. The van der Waals surface area contributed by atoms with Crippen LogP contribution in [0.1, 0.15) is 27.7 Å². The highest BCUT2D eigenvalue weighted by atomic mass is 32.3. The van der Waals surface area contributed by atoms with Crippen LogP contribution in [0.3, 0.4) is 0 Å². The molecule has 218 valence electrons. The van der Waals surface area contributed by atoms with Crippen LogP contribution in [-0.4, -0.2) is 109 Å². The number of aliphatic carboxylic acids is 1. The van der Waals surface area contributed by atoms with Gasteiger partial charge in [0.1, 0.15) is 41.7 Å². The second-order valence-corrected chi connectivity index (χ2v) is 11.7. The molecule has 2 aliphatic heterocycles. The van der Waals surface area contributed by atoms with E-state index in [2.05, 4.69) is 14.1 Å². The third-order valence-corrected chi connectivity index (χ3v) is 7.16. The lowest BCUT2D eigenvalue weighted by Gasteiger charge is -2.52. The van der Waals surface area contributed by atoms with Gasteiger partial charge in [-0.2, -0.15) is 0 Å². The molecule has 17 nitrogen and oxygen atoms in total. The molecule has 0 aromatic carbocycles. The van der Waals surface area contributed by atoms with E-state index in [0.29, 0.717) is 6.08 Å². The van der Waals surface area contributed by atoms with Gasteiger partial charge in [0.05, 0.1) is 31.3 Å². The van der Waals surface area contributed by atoms with Crippen molar-refractivity contribution in [3.05, 3.63) is 11.8 Å². The number of ether oxygens (including phenoxy) is 3. The zero-order valence-corrected chi connectivity index (χ0v) is 21.9. The predicted molar refractivity (Wildman–Crippen MR) is 113 cm³/mol. The second-order valence-electron chi connectivity index (χ2n) is 9.60. The molecule has 1 fully saturated rings. The maximum atomic E-state index is 11.3. The number of aliphatic hydroxyl groups is 2. The molecule has 2 heterocycles. The van der Waals surface area contributed by atoms with Crippen molar-refractivity contribution in [2.45, 2.75) is 69.4 Å². The number of aliphatic hydroxyl groups excluding tert-OH is 2. The molecule has 0 aromatic heterocycles. The van der Waals surface area contributed by atoms with Crippen LogP contribution in [-0.2, 0) is 48.2 Å². The van der Waals surface area contributed by atoms with Crippen molar-refractivity contribution >= 4 is 26.8 Å². The Morgan fingerprint density at radius 1 is 1.11 bits per heavy atom. The highest BCUT2D eigenvalue weighted by Gasteiger charge is 2.57. The van der Waals surface area contributed by atoms with E-state index in [1.165, 1.54) is 6.92 Å². The zero-order valence-electron chi connectivity index (χ0n) is 20.3. The summed E-state index contributed by atoms with van der Waals surface area (Å²) in [4.78, 5) is 11.3. The number of hydrogen-bond donors (Lipinski definition) is 3. The van der Waals surface area contributed by atoms with Crippen LogP contribution in [0.2, 0.25) is 0 Å². The van der Waals surface area contributed by atoms with Gasteiger partial charge in [0.15, 0.2) is 5.60 Å². The number of rotatable bonds is 10. The number of carbonyl (C=O) groups is 1. The molecule has 37 heavy (non-hydrogen) atoms. The third kappa shape index (κ3) is 8.00. The molecule has 7 N–H and O–H groups in total. The van der Waals surface area contributed by atoms with Gasteiger partial charge in [-0.3, -0.25) is 8.37 Å². The molecular weight excluding hydrogens is 550 g/mol. The molecule has 19 heteroatoms. The summed E-state index contributed by atoms with van der Waals surface area (Å²) >= 11 is 0. The van der Waals surface area contributed by atoms with Crippen molar-refractivity contribution in [1.29, 1.82) is 0 Å². The molecule has 0 spiro atoms. The fourth-order valence-electron chi connectivity index (χ4n) is 4.09. The van der Waals surface area contributed by atoms with Gasteiger partial charge >= 0.3 is 0 Å². The molecule has 0 aliphatic carbocycles. The summed E-state index contributed by atoms with van der Waals surface area (Å²) in [6.07, 6.45) is -5.84. The number of carboxylic acids is 1. The molecule has 2 aliphatic rings. The van der Waals surface area contributed by atoms with Crippen LogP contribution in [0.25, 0.3) is 0 Å². The second kappa shape index (κ2) is 11.3. The molecule has 7 atom stereocenters. The highest BCUT2D eigenvalue weighted by molar-refractivity contribution is 7.81. The van der Waals surface area contributed by atoms with E-state index in [0.717, 1.165) is 6.92 Å². The largest absolute Gasteiger partial charge is 0.726 e. The first-order valence-electron chi connectivity index (χ1n) is 10.4. The topological polar surface area (TPSA) is 300 Å². The van der Waals surface area contributed by atoms with Crippen LogP contribution < -0.4 is 10.8 Å². The monoisotopic (exact) mass is 581 g/mol. The summed E-state index contributed by atoms with van der Waals surface area (Å²) in [6.45, 7) is 3.67. The molecular formula is C18H31NO16S2-2. The third-order valence-electron chi connectivity index (χ3n) is 6.30. The van der Waals surface area contributed by atoms with Gasteiger partial charge in [-0.15, -0.1) is 0 Å². The SMILES string of the molecule is CC1(C)OC(COS(=O)(=O)[O-])[C@@](C)(COC[C@@]2(C)OC(C(=O)[O-])=C[C@@H](O)C2OS(=O)(=O)[O-])[C@@H](O)C1[NH3+].O.